The van der Waals surface area contributed by atoms with Gasteiger partial charge in [-0.2, -0.15) is 12.6 Å². The lowest BCUT2D eigenvalue weighted by molar-refractivity contribution is -0.119. The maximum Gasteiger partial charge on any atom is 0.233 e. The van der Waals surface area contributed by atoms with E-state index in [-0.39, 0.29) is 12.5 Å². The summed E-state index contributed by atoms with van der Waals surface area (Å²) >= 11 is 3.95. The number of thiol groups is 1. The van der Waals surface area contributed by atoms with Crippen LogP contribution in [0.4, 0.5) is 0 Å². The first-order chi connectivity index (χ1) is 5.31. The molecule has 4 nitrogen and oxygen atoms in total. The van der Waals surface area contributed by atoms with Crippen LogP contribution in [-0.2, 0) is 9.53 Å². The summed E-state index contributed by atoms with van der Waals surface area (Å²) in [6.45, 7) is 1.68. The molecule has 0 radical (unpaired) electrons. The van der Waals surface area contributed by atoms with Crippen molar-refractivity contribution in [2.45, 2.75) is 0 Å². The summed E-state index contributed by atoms with van der Waals surface area (Å²) in [4.78, 5) is 10.5. The van der Waals surface area contributed by atoms with Crippen molar-refractivity contribution < 1.29 is 9.53 Å². The van der Waals surface area contributed by atoms with Crippen LogP contribution < -0.4 is 11.1 Å². The Morgan fingerprint density at radius 1 is 1.55 bits per heavy atom. The van der Waals surface area contributed by atoms with Gasteiger partial charge >= 0.3 is 0 Å². The van der Waals surface area contributed by atoms with Crippen LogP contribution in [0.5, 0.6) is 0 Å². The monoisotopic (exact) mass is 178 g/mol. The zero-order valence-corrected chi connectivity index (χ0v) is 7.27. The molecule has 0 unspecified atom stereocenters. The molecular weight excluding hydrogens is 164 g/mol. The van der Waals surface area contributed by atoms with Crippen molar-refractivity contribution in [1.82, 2.24) is 5.32 Å². The van der Waals surface area contributed by atoms with Gasteiger partial charge in [-0.25, -0.2) is 0 Å². The highest BCUT2D eigenvalue weighted by atomic mass is 32.1. The second-order valence-corrected chi connectivity index (χ2v) is 2.34. The molecular formula is C6H14N2O2S. The van der Waals surface area contributed by atoms with E-state index in [0.29, 0.717) is 25.5 Å². The predicted octanol–water partition coefficient (Wildman–Crippen LogP) is -0.992. The van der Waals surface area contributed by atoms with E-state index in [4.69, 9.17) is 10.5 Å². The highest BCUT2D eigenvalue weighted by Crippen LogP contribution is 1.76. The molecule has 0 aromatic heterocycles. The summed E-state index contributed by atoms with van der Waals surface area (Å²) in [6, 6.07) is 0. The largest absolute Gasteiger partial charge is 0.379 e. The van der Waals surface area contributed by atoms with E-state index in [1.807, 2.05) is 0 Å². The summed E-state index contributed by atoms with van der Waals surface area (Å²) < 4.78 is 5.05. The van der Waals surface area contributed by atoms with Gasteiger partial charge in [0.2, 0.25) is 5.91 Å². The lowest BCUT2D eigenvalue weighted by Crippen LogP contribution is -2.32. The lowest BCUT2D eigenvalue weighted by atomic mass is 10.5. The van der Waals surface area contributed by atoms with Crippen LogP contribution in [0.3, 0.4) is 0 Å². The van der Waals surface area contributed by atoms with Crippen molar-refractivity contribution in [3.8, 4) is 0 Å². The topological polar surface area (TPSA) is 64.4 Å². The summed E-state index contributed by atoms with van der Waals surface area (Å²) in [7, 11) is 0. The average molecular weight is 178 g/mol. The molecule has 5 heteroatoms. The number of carbonyl (C=O) groups excluding carboxylic acids is 1. The molecule has 11 heavy (non-hydrogen) atoms. The number of nitrogens with one attached hydrogen (secondary N) is 1. The SMILES string of the molecule is NCC(=O)NCCOCCS. The van der Waals surface area contributed by atoms with Gasteiger partial charge < -0.3 is 15.8 Å². The molecule has 0 saturated heterocycles. The Morgan fingerprint density at radius 3 is 2.82 bits per heavy atom. The molecule has 0 bridgehead atoms. The molecule has 1 amide bonds. The van der Waals surface area contributed by atoms with Gasteiger partial charge in [-0.1, -0.05) is 0 Å². The zero-order valence-electron chi connectivity index (χ0n) is 6.38. The van der Waals surface area contributed by atoms with E-state index >= 15 is 0 Å². The van der Waals surface area contributed by atoms with Gasteiger partial charge in [0, 0.05) is 12.3 Å². The van der Waals surface area contributed by atoms with Gasteiger partial charge in [0.25, 0.3) is 0 Å². The van der Waals surface area contributed by atoms with Gasteiger partial charge in [-0.15, -0.1) is 0 Å². The molecule has 0 aliphatic rings. The van der Waals surface area contributed by atoms with Crippen molar-refractivity contribution in [2.24, 2.45) is 5.73 Å². The van der Waals surface area contributed by atoms with Crippen LogP contribution in [0.2, 0.25) is 0 Å². The number of nitrogens with two attached hydrogens (primary N) is 1. The van der Waals surface area contributed by atoms with Crippen LogP contribution in [0.25, 0.3) is 0 Å². The Bertz CT molecular complexity index is 111. The van der Waals surface area contributed by atoms with E-state index in [1.165, 1.54) is 0 Å². The Labute approximate surface area is 71.9 Å². The predicted molar refractivity (Wildman–Crippen MR) is 46.7 cm³/mol. The molecule has 0 saturated carbocycles. The van der Waals surface area contributed by atoms with Gasteiger partial charge in [0.05, 0.1) is 19.8 Å². The molecule has 0 rings (SSSR count). The Hall–Kier alpha value is -0.260. The Kier molecular flexibility index (Phi) is 7.66. The molecule has 0 aliphatic carbocycles. The quantitative estimate of drug-likeness (QED) is 0.361. The number of rotatable bonds is 6. The Morgan fingerprint density at radius 2 is 2.27 bits per heavy atom. The van der Waals surface area contributed by atoms with Gasteiger partial charge in [-0.05, 0) is 0 Å². The van der Waals surface area contributed by atoms with E-state index in [2.05, 4.69) is 17.9 Å². The van der Waals surface area contributed by atoms with Crippen molar-refractivity contribution in [3.05, 3.63) is 0 Å². The van der Waals surface area contributed by atoms with Gasteiger partial charge in [-0.3, -0.25) is 4.79 Å². The number of amides is 1. The van der Waals surface area contributed by atoms with Gasteiger partial charge in [0.15, 0.2) is 0 Å². The normalized spacial score (nSPS) is 9.64. The number of hydrogen-bond acceptors (Lipinski definition) is 4. The van der Waals surface area contributed by atoms with E-state index in [1.54, 1.807) is 0 Å². The number of ether oxygens (including phenoxy) is 1. The standard InChI is InChI=1S/C6H14N2O2S/c7-5-6(9)8-1-2-10-3-4-11/h11H,1-5,7H2,(H,8,9). The highest BCUT2D eigenvalue weighted by Gasteiger charge is 1.93. The third-order valence-corrected chi connectivity index (χ3v) is 1.17. The smallest absolute Gasteiger partial charge is 0.233 e. The van der Waals surface area contributed by atoms with Crippen molar-refractivity contribution >= 4 is 18.5 Å². The van der Waals surface area contributed by atoms with Gasteiger partial charge in [0.1, 0.15) is 0 Å². The van der Waals surface area contributed by atoms with E-state index in [9.17, 15) is 4.79 Å². The highest BCUT2D eigenvalue weighted by molar-refractivity contribution is 7.80. The third kappa shape index (κ3) is 7.64. The fraction of sp³-hybridized carbons (Fsp3) is 0.833. The molecule has 0 aromatic rings. The molecule has 0 heterocycles. The number of carbonyl (C=O) groups is 1. The molecule has 0 spiro atoms. The van der Waals surface area contributed by atoms with Crippen molar-refractivity contribution in [2.75, 3.05) is 32.1 Å². The molecule has 3 N–H and O–H groups in total. The first-order valence-electron chi connectivity index (χ1n) is 3.46. The summed E-state index contributed by atoms with van der Waals surface area (Å²) in [5.74, 6) is 0.546. The first-order valence-corrected chi connectivity index (χ1v) is 4.10. The first kappa shape index (κ1) is 10.7. The van der Waals surface area contributed by atoms with Crippen LogP contribution in [0, 0.1) is 0 Å². The van der Waals surface area contributed by atoms with Crippen molar-refractivity contribution in [3.63, 3.8) is 0 Å². The zero-order chi connectivity index (χ0) is 8.53. The minimum atomic E-state index is -0.153. The second-order valence-electron chi connectivity index (χ2n) is 1.89. The average Bonchev–Trinajstić information content (AvgIpc) is 2.04. The van der Waals surface area contributed by atoms with Crippen LogP contribution in [-0.4, -0.2) is 38.0 Å². The second kappa shape index (κ2) is 7.84. The molecule has 66 valence electrons. The van der Waals surface area contributed by atoms with Crippen LogP contribution >= 0.6 is 12.6 Å². The summed E-state index contributed by atoms with van der Waals surface area (Å²) in [5.41, 5.74) is 5.05. The van der Waals surface area contributed by atoms with Crippen molar-refractivity contribution in [1.29, 1.82) is 0 Å². The number of hydrogen-bond donors (Lipinski definition) is 3. The molecule has 0 aliphatic heterocycles. The third-order valence-electron chi connectivity index (χ3n) is 0.990. The maximum atomic E-state index is 10.5. The van der Waals surface area contributed by atoms with Crippen LogP contribution in [0.1, 0.15) is 0 Å². The maximum absolute atomic E-state index is 10.5. The lowest BCUT2D eigenvalue weighted by Gasteiger charge is -2.03. The minimum Gasteiger partial charge on any atom is -0.379 e. The fourth-order valence-electron chi connectivity index (χ4n) is 0.501. The summed E-state index contributed by atoms with van der Waals surface area (Å²) in [6.07, 6.45) is 0. The van der Waals surface area contributed by atoms with E-state index < -0.39 is 0 Å². The molecule has 0 fully saturated rings. The summed E-state index contributed by atoms with van der Waals surface area (Å²) in [5, 5.41) is 2.58. The van der Waals surface area contributed by atoms with E-state index in [0.717, 1.165) is 0 Å². The molecule has 0 aromatic carbocycles. The van der Waals surface area contributed by atoms with Crippen LogP contribution in [0.15, 0.2) is 0 Å². The Balaban J connectivity index is 2.95. The molecule has 0 atom stereocenters. The minimum absolute atomic E-state index is 0.0343. The fourth-order valence-corrected chi connectivity index (χ4v) is 0.630.